The SMILES string of the molecule is NC(CS)=NCCOCCO. The van der Waals surface area contributed by atoms with E-state index in [1.165, 1.54) is 0 Å². The van der Waals surface area contributed by atoms with Crippen LogP contribution in [0, 0.1) is 0 Å². The summed E-state index contributed by atoms with van der Waals surface area (Å²) in [6.45, 7) is 1.43. The van der Waals surface area contributed by atoms with E-state index in [0.717, 1.165) is 0 Å². The maximum absolute atomic E-state index is 8.32. The summed E-state index contributed by atoms with van der Waals surface area (Å²) in [6, 6.07) is 0. The van der Waals surface area contributed by atoms with Crippen molar-refractivity contribution in [1.82, 2.24) is 0 Å². The van der Waals surface area contributed by atoms with Gasteiger partial charge < -0.3 is 15.6 Å². The van der Waals surface area contributed by atoms with Crippen molar-refractivity contribution in [1.29, 1.82) is 0 Å². The van der Waals surface area contributed by atoms with Gasteiger partial charge in [0.05, 0.1) is 26.4 Å². The molecular weight excluding hydrogens is 164 g/mol. The van der Waals surface area contributed by atoms with Gasteiger partial charge >= 0.3 is 0 Å². The van der Waals surface area contributed by atoms with Crippen LogP contribution in [0.2, 0.25) is 0 Å². The van der Waals surface area contributed by atoms with E-state index in [0.29, 0.717) is 31.3 Å². The third-order valence-electron chi connectivity index (χ3n) is 0.948. The number of rotatable bonds is 6. The van der Waals surface area contributed by atoms with Gasteiger partial charge in [0.15, 0.2) is 0 Å². The first-order valence-electron chi connectivity index (χ1n) is 3.39. The van der Waals surface area contributed by atoms with Gasteiger partial charge in [0.25, 0.3) is 0 Å². The molecule has 0 aliphatic carbocycles. The Morgan fingerprint density at radius 3 is 2.82 bits per heavy atom. The second-order valence-electron chi connectivity index (χ2n) is 1.87. The molecule has 0 saturated heterocycles. The molecule has 0 bridgehead atoms. The second-order valence-corrected chi connectivity index (χ2v) is 2.18. The van der Waals surface area contributed by atoms with Crippen molar-refractivity contribution in [2.24, 2.45) is 10.7 Å². The predicted octanol–water partition coefficient (Wildman–Crippen LogP) is -0.718. The molecule has 0 aromatic carbocycles. The third-order valence-corrected chi connectivity index (χ3v) is 1.27. The number of aliphatic hydroxyl groups is 1. The summed E-state index contributed by atoms with van der Waals surface area (Å²) in [5.74, 6) is 0.987. The maximum Gasteiger partial charge on any atom is 0.104 e. The fraction of sp³-hybridized carbons (Fsp3) is 0.833. The van der Waals surface area contributed by atoms with Gasteiger partial charge in [-0.15, -0.1) is 0 Å². The fourth-order valence-corrected chi connectivity index (χ4v) is 0.570. The molecule has 0 radical (unpaired) electrons. The lowest BCUT2D eigenvalue weighted by Crippen LogP contribution is -2.15. The summed E-state index contributed by atoms with van der Waals surface area (Å²) < 4.78 is 4.94. The van der Waals surface area contributed by atoms with E-state index >= 15 is 0 Å². The monoisotopic (exact) mass is 178 g/mol. The molecule has 0 aliphatic rings. The molecule has 4 nitrogen and oxygen atoms in total. The number of hydrogen-bond donors (Lipinski definition) is 3. The van der Waals surface area contributed by atoms with Gasteiger partial charge in [-0.05, 0) is 0 Å². The summed E-state index contributed by atoms with van der Waals surface area (Å²) >= 11 is 3.92. The number of amidine groups is 1. The largest absolute Gasteiger partial charge is 0.394 e. The number of nitrogens with two attached hydrogens (primary N) is 1. The van der Waals surface area contributed by atoms with Crippen molar-refractivity contribution in [2.75, 3.05) is 32.1 Å². The van der Waals surface area contributed by atoms with E-state index in [1.807, 2.05) is 0 Å². The molecule has 0 amide bonds. The minimum atomic E-state index is 0.0474. The zero-order valence-corrected chi connectivity index (χ0v) is 7.26. The first-order valence-corrected chi connectivity index (χ1v) is 4.02. The highest BCUT2D eigenvalue weighted by atomic mass is 32.1. The highest BCUT2D eigenvalue weighted by Gasteiger charge is 1.87. The van der Waals surface area contributed by atoms with Crippen molar-refractivity contribution >= 4 is 18.5 Å². The molecule has 5 heteroatoms. The van der Waals surface area contributed by atoms with Crippen molar-refractivity contribution in [3.63, 3.8) is 0 Å². The van der Waals surface area contributed by atoms with E-state index in [4.69, 9.17) is 15.6 Å². The topological polar surface area (TPSA) is 67.8 Å². The lowest BCUT2D eigenvalue weighted by molar-refractivity contribution is 0.0978. The van der Waals surface area contributed by atoms with Crippen LogP contribution in [0.4, 0.5) is 0 Å². The Balaban J connectivity index is 3.12. The van der Waals surface area contributed by atoms with Crippen LogP contribution in [0.5, 0.6) is 0 Å². The molecule has 3 N–H and O–H groups in total. The first-order chi connectivity index (χ1) is 5.31. The summed E-state index contributed by atoms with van der Waals surface area (Å²) in [4.78, 5) is 3.93. The summed E-state index contributed by atoms with van der Waals surface area (Å²) in [5, 5.41) is 8.32. The van der Waals surface area contributed by atoms with E-state index in [2.05, 4.69) is 17.6 Å². The van der Waals surface area contributed by atoms with Gasteiger partial charge in [0, 0.05) is 5.75 Å². The minimum absolute atomic E-state index is 0.0474. The highest BCUT2D eigenvalue weighted by molar-refractivity contribution is 7.81. The third kappa shape index (κ3) is 7.64. The van der Waals surface area contributed by atoms with Gasteiger partial charge in [-0.25, -0.2) is 0 Å². The molecule has 0 aliphatic heterocycles. The van der Waals surface area contributed by atoms with E-state index < -0.39 is 0 Å². The second kappa shape index (κ2) is 7.84. The Bertz CT molecular complexity index is 119. The average molecular weight is 178 g/mol. The molecule has 0 unspecified atom stereocenters. The Morgan fingerprint density at radius 1 is 1.55 bits per heavy atom. The van der Waals surface area contributed by atoms with Crippen molar-refractivity contribution in [2.45, 2.75) is 0 Å². The van der Waals surface area contributed by atoms with E-state index in [-0.39, 0.29) is 6.61 Å². The van der Waals surface area contributed by atoms with Crippen molar-refractivity contribution < 1.29 is 9.84 Å². The molecule has 0 aromatic heterocycles. The number of aliphatic hydroxyl groups excluding tert-OH is 1. The minimum Gasteiger partial charge on any atom is -0.394 e. The number of ether oxygens (including phenoxy) is 1. The van der Waals surface area contributed by atoms with Gasteiger partial charge in [-0.1, -0.05) is 0 Å². The number of thiol groups is 1. The standard InChI is InChI=1S/C6H14N2O2S/c7-6(5-11)8-1-3-10-4-2-9/h9,11H,1-5H2,(H2,7,8). The van der Waals surface area contributed by atoms with E-state index in [1.54, 1.807) is 0 Å². The van der Waals surface area contributed by atoms with Crippen LogP contribution in [0.3, 0.4) is 0 Å². The molecular formula is C6H14N2O2S. The molecule has 0 spiro atoms. The quantitative estimate of drug-likeness (QED) is 0.218. The van der Waals surface area contributed by atoms with Gasteiger partial charge in [-0.2, -0.15) is 12.6 Å². The molecule has 0 rings (SSSR count). The Morgan fingerprint density at radius 2 is 2.27 bits per heavy atom. The molecule has 0 heterocycles. The van der Waals surface area contributed by atoms with Crippen molar-refractivity contribution in [3.8, 4) is 0 Å². The van der Waals surface area contributed by atoms with Crippen molar-refractivity contribution in [3.05, 3.63) is 0 Å². The summed E-state index contributed by atoms with van der Waals surface area (Å²) in [7, 11) is 0. The average Bonchev–Trinajstić information content (AvgIpc) is 2.04. The van der Waals surface area contributed by atoms with Crippen LogP contribution >= 0.6 is 12.6 Å². The zero-order chi connectivity index (χ0) is 8.53. The summed E-state index contributed by atoms with van der Waals surface area (Å²) in [6.07, 6.45) is 0. The van der Waals surface area contributed by atoms with Gasteiger partial charge in [0.1, 0.15) is 5.84 Å². The Hall–Kier alpha value is -0.260. The first kappa shape index (κ1) is 10.7. The molecule has 11 heavy (non-hydrogen) atoms. The Kier molecular flexibility index (Phi) is 7.66. The van der Waals surface area contributed by atoms with Crippen LogP contribution in [-0.2, 0) is 4.74 Å². The predicted molar refractivity (Wildman–Crippen MR) is 48.2 cm³/mol. The van der Waals surface area contributed by atoms with Crippen LogP contribution in [0.15, 0.2) is 4.99 Å². The summed E-state index contributed by atoms with van der Waals surface area (Å²) in [5.41, 5.74) is 5.36. The highest BCUT2D eigenvalue weighted by Crippen LogP contribution is 1.79. The number of hydrogen-bond acceptors (Lipinski definition) is 4. The van der Waals surface area contributed by atoms with E-state index in [9.17, 15) is 0 Å². The van der Waals surface area contributed by atoms with Crippen LogP contribution < -0.4 is 5.73 Å². The normalized spacial score (nSPS) is 12.0. The lowest BCUT2D eigenvalue weighted by atomic mass is 10.6. The molecule has 0 fully saturated rings. The van der Waals surface area contributed by atoms with Crippen LogP contribution in [0.25, 0.3) is 0 Å². The van der Waals surface area contributed by atoms with Gasteiger partial charge in [0.2, 0.25) is 0 Å². The number of nitrogens with zero attached hydrogens (tertiary/aromatic N) is 1. The molecule has 66 valence electrons. The Labute approximate surface area is 71.9 Å². The molecule has 0 saturated carbocycles. The maximum atomic E-state index is 8.32. The smallest absolute Gasteiger partial charge is 0.104 e. The zero-order valence-electron chi connectivity index (χ0n) is 6.36. The number of aliphatic imine (C=N–C) groups is 1. The van der Waals surface area contributed by atoms with Crippen LogP contribution in [-0.4, -0.2) is 43.1 Å². The molecule has 0 atom stereocenters. The fourth-order valence-electron chi connectivity index (χ4n) is 0.470. The van der Waals surface area contributed by atoms with Crippen LogP contribution in [0.1, 0.15) is 0 Å². The molecule has 0 aromatic rings. The van der Waals surface area contributed by atoms with Gasteiger partial charge in [-0.3, -0.25) is 4.99 Å². The lowest BCUT2D eigenvalue weighted by Gasteiger charge is -1.98.